The normalized spacial score (nSPS) is 16.5. The van der Waals surface area contributed by atoms with Crippen LogP contribution >= 0.6 is 0 Å². The molecule has 1 aromatic rings. The van der Waals surface area contributed by atoms with Crippen LogP contribution in [0.5, 0.6) is 0 Å². The first-order chi connectivity index (χ1) is 7.63. The fourth-order valence-electron chi connectivity index (χ4n) is 2.20. The molecular formula is C12H12F4. The van der Waals surface area contributed by atoms with Crippen molar-refractivity contribution in [1.82, 2.24) is 0 Å². The first-order valence-electron chi connectivity index (χ1n) is 5.46. The van der Waals surface area contributed by atoms with E-state index in [1.54, 1.807) is 0 Å². The van der Waals surface area contributed by atoms with Crippen LogP contribution < -0.4 is 0 Å². The highest BCUT2D eigenvalue weighted by molar-refractivity contribution is 5.33. The zero-order valence-corrected chi connectivity index (χ0v) is 8.75. The number of halogens is 4. The van der Waals surface area contributed by atoms with Gasteiger partial charge in [0, 0.05) is 0 Å². The number of rotatable bonds is 0. The molecule has 0 saturated carbocycles. The standard InChI is InChI=1S/C12H12F4/c13-9-7-5-3-1-2-4-6-8(7)10(14)12(16)11(9)15/h1-6H2. The van der Waals surface area contributed by atoms with Gasteiger partial charge < -0.3 is 0 Å². The lowest BCUT2D eigenvalue weighted by Crippen LogP contribution is -2.10. The molecule has 0 nitrogen and oxygen atoms in total. The summed E-state index contributed by atoms with van der Waals surface area (Å²) in [6.45, 7) is 0. The van der Waals surface area contributed by atoms with Crippen LogP contribution in [0.4, 0.5) is 17.6 Å². The van der Waals surface area contributed by atoms with Crippen molar-refractivity contribution in [3.63, 3.8) is 0 Å². The molecule has 0 spiro atoms. The number of hydrogen-bond donors (Lipinski definition) is 0. The summed E-state index contributed by atoms with van der Waals surface area (Å²) in [5, 5.41) is 0. The van der Waals surface area contributed by atoms with Crippen LogP contribution in [0, 0.1) is 23.3 Å². The van der Waals surface area contributed by atoms with Gasteiger partial charge in [0.1, 0.15) is 0 Å². The molecule has 1 aliphatic carbocycles. The SMILES string of the molecule is Fc1c(F)c(F)c2c(c1F)CCCCCC2. The maximum absolute atomic E-state index is 13.5. The molecule has 88 valence electrons. The fraction of sp³-hybridized carbons (Fsp3) is 0.500. The van der Waals surface area contributed by atoms with Crippen LogP contribution in [0.3, 0.4) is 0 Å². The van der Waals surface area contributed by atoms with Crippen molar-refractivity contribution < 1.29 is 17.6 Å². The highest BCUT2D eigenvalue weighted by Crippen LogP contribution is 2.28. The second-order valence-corrected chi connectivity index (χ2v) is 4.13. The van der Waals surface area contributed by atoms with Crippen molar-refractivity contribution in [3.8, 4) is 0 Å². The molecule has 0 fully saturated rings. The highest BCUT2D eigenvalue weighted by atomic mass is 19.2. The van der Waals surface area contributed by atoms with Crippen LogP contribution in [0.1, 0.15) is 36.8 Å². The van der Waals surface area contributed by atoms with E-state index in [4.69, 9.17) is 0 Å². The third-order valence-corrected chi connectivity index (χ3v) is 3.08. The van der Waals surface area contributed by atoms with Crippen LogP contribution in [0.25, 0.3) is 0 Å². The highest BCUT2D eigenvalue weighted by Gasteiger charge is 2.25. The fourth-order valence-corrected chi connectivity index (χ4v) is 2.20. The van der Waals surface area contributed by atoms with Gasteiger partial charge in [-0.1, -0.05) is 12.8 Å². The lowest BCUT2D eigenvalue weighted by Gasteiger charge is -2.16. The monoisotopic (exact) mass is 232 g/mol. The Bertz CT molecular complexity index is 373. The van der Waals surface area contributed by atoms with E-state index < -0.39 is 23.3 Å². The molecule has 0 aliphatic heterocycles. The lowest BCUT2D eigenvalue weighted by atomic mass is 9.92. The van der Waals surface area contributed by atoms with E-state index in [0.29, 0.717) is 12.8 Å². The first-order valence-corrected chi connectivity index (χ1v) is 5.46. The minimum atomic E-state index is -1.68. The van der Waals surface area contributed by atoms with E-state index in [-0.39, 0.29) is 24.0 Å². The Morgan fingerprint density at radius 3 is 1.25 bits per heavy atom. The van der Waals surface area contributed by atoms with Gasteiger partial charge in [0.15, 0.2) is 23.3 Å². The third-order valence-electron chi connectivity index (χ3n) is 3.08. The maximum Gasteiger partial charge on any atom is 0.197 e. The van der Waals surface area contributed by atoms with Gasteiger partial charge in [-0.3, -0.25) is 0 Å². The Kier molecular flexibility index (Phi) is 3.17. The van der Waals surface area contributed by atoms with Crippen LogP contribution in [0.15, 0.2) is 0 Å². The van der Waals surface area contributed by atoms with Crippen molar-refractivity contribution in [2.45, 2.75) is 38.5 Å². The quantitative estimate of drug-likeness (QED) is 0.361. The molecule has 1 aromatic carbocycles. The van der Waals surface area contributed by atoms with E-state index in [1.807, 2.05) is 0 Å². The summed E-state index contributed by atoms with van der Waals surface area (Å²) in [5.41, 5.74) is 0.0483. The Morgan fingerprint density at radius 2 is 0.875 bits per heavy atom. The molecule has 0 unspecified atom stereocenters. The van der Waals surface area contributed by atoms with Gasteiger partial charge >= 0.3 is 0 Å². The minimum Gasteiger partial charge on any atom is -0.203 e. The van der Waals surface area contributed by atoms with Gasteiger partial charge in [-0.15, -0.1) is 0 Å². The summed E-state index contributed by atoms with van der Waals surface area (Å²) in [6, 6.07) is 0. The number of hydrogen-bond acceptors (Lipinski definition) is 0. The Balaban J connectivity index is 2.58. The molecule has 0 aromatic heterocycles. The van der Waals surface area contributed by atoms with Gasteiger partial charge in [-0.2, -0.15) is 0 Å². The van der Waals surface area contributed by atoms with Gasteiger partial charge in [-0.25, -0.2) is 17.6 Å². The molecular weight excluding hydrogens is 220 g/mol. The third kappa shape index (κ3) is 1.81. The predicted octanol–water partition coefficient (Wildman–Crippen LogP) is 3.90. The summed E-state index contributed by atoms with van der Waals surface area (Å²) >= 11 is 0. The average molecular weight is 232 g/mol. The molecule has 0 bridgehead atoms. The molecule has 0 N–H and O–H groups in total. The summed E-state index contributed by atoms with van der Waals surface area (Å²) in [5.74, 6) is -5.79. The molecule has 0 saturated heterocycles. The zero-order valence-electron chi connectivity index (χ0n) is 8.75. The van der Waals surface area contributed by atoms with Gasteiger partial charge in [-0.05, 0) is 36.8 Å². The molecule has 16 heavy (non-hydrogen) atoms. The molecule has 4 heteroatoms. The van der Waals surface area contributed by atoms with Crippen molar-refractivity contribution in [2.75, 3.05) is 0 Å². The number of fused-ring (bicyclic) bond motifs is 1. The van der Waals surface area contributed by atoms with Crippen molar-refractivity contribution in [2.24, 2.45) is 0 Å². The smallest absolute Gasteiger partial charge is 0.197 e. The largest absolute Gasteiger partial charge is 0.203 e. The number of benzene rings is 1. The van der Waals surface area contributed by atoms with Gasteiger partial charge in [0.05, 0.1) is 0 Å². The molecule has 0 amide bonds. The maximum atomic E-state index is 13.5. The topological polar surface area (TPSA) is 0 Å². The summed E-state index contributed by atoms with van der Waals surface area (Å²) in [7, 11) is 0. The molecule has 1 aliphatic rings. The molecule has 0 heterocycles. The summed E-state index contributed by atoms with van der Waals surface area (Å²) in [6.07, 6.45) is 3.78. The minimum absolute atomic E-state index is 0.0242. The van der Waals surface area contributed by atoms with E-state index in [2.05, 4.69) is 0 Å². The van der Waals surface area contributed by atoms with E-state index in [0.717, 1.165) is 12.8 Å². The zero-order chi connectivity index (χ0) is 11.7. The summed E-state index contributed by atoms with van der Waals surface area (Å²) < 4.78 is 53.0. The van der Waals surface area contributed by atoms with Crippen LogP contribution in [-0.4, -0.2) is 0 Å². The lowest BCUT2D eigenvalue weighted by molar-refractivity contribution is 0.393. The van der Waals surface area contributed by atoms with Crippen LogP contribution in [0.2, 0.25) is 0 Å². The van der Waals surface area contributed by atoms with E-state index in [9.17, 15) is 17.6 Å². The average Bonchev–Trinajstić information content (AvgIpc) is 2.24. The Labute approximate surface area is 91.3 Å². The second-order valence-electron chi connectivity index (χ2n) is 4.13. The van der Waals surface area contributed by atoms with Gasteiger partial charge in [0.25, 0.3) is 0 Å². The molecule has 2 rings (SSSR count). The Morgan fingerprint density at radius 1 is 0.500 bits per heavy atom. The predicted molar refractivity (Wildman–Crippen MR) is 52.2 cm³/mol. The van der Waals surface area contributed by atoms with Crippen molar-refractivity contribution >= 4 is 0 Å². The molecule has 0 atom stereocenters. The van der Waals surface area contributed by atoms with Gasteiger partial charge in [0.2, 0.25) is 0 Å². The van der Waals surface area contributed by atoms with Crippen LogP contribution in [-0.2, 0) is 12.8 Å². The first kappa shape index (κ1) is 11.4. The van der Waals surface area contributed by atoms with E-state index in [1.165, 1.54) is 0 Å². The van der Waals surface area contributed by atoms with Crippen molar-refractivity contribution in [3.05, 3.63) is 34.4 Å². The summed E-state index contributed by atoms with van der Waals surface area (Å²) in [4.78, 5) is 0. The second kappa shape index (κ2) is 4.44. The van der Waals surface area contributed by atoms with E-state index >= 15 is 0 Å². The Hall–Kier alpha value is -1.06. The molecule has 0 radical (unpaired) electrons. The van der Waals surface area contributed by atoms with Crippen molar-refractivity contribution in [1.29, 1.82) is 0 Å².